The van der Waals surface area contributed by atoms with E-state index < -0.39 is 0 Å². The molecule has 3 rings (SSSR count). The maximum atomic E-state index is 11.9. The molecule has 1 aliphatic heterocycles. The molecule has 0 unspecified atom stereocenters. The number of hydrogen-bond acceptors (Lipinski definition) is 2. The molecular formula is C22H32N4O. The van der Waals surface area contributed by atoms with Crippen LogP contribution in [0.3, 0.4) is 0 Å². The number of aliphatic imine (C=N–C) groups is 1. The van der Waals surface area contributed by atoms with Gasteiger partial charge in [0.25, 0.3) is 0 Å². The molecule has 146 valence electrons. The fourth-order valence-electron chi connectivity index (χ4n) is 3.83. The fraction of sp³-hybridized carbons (Fsp3) is 0.545. The number of carbonyl (C=O) groups excluding carboxylic acids is 1. The van der Waals surface area contributed by atoms with Crippen molar-refractivity contribution in [3.63, 3.8) is 0 Å². The van der Waals surface area contributed by atoms with E-state index in [1.54, 1.807) is 5.57 Å². The van der Waals surface area contributed by atoms with Crippen molar-refractivity contribution in [2.75, 3.05) is 20.1 Å². The molecule has 2 aliphatic rings. The van der Waals surface area contributed by atoms with Crippen molar-refractivity contribution in [1.82, 2.24) is 15.5 Å². The van der Waals surface area contributed by atoms with Gasteiger partial charge < -0.3 is 15.5 Å². The molecule has 1 aromatic rings. The van der Waals surface area contributed by atoms with Crippen LogP contribution in [0.1, 0.15) is 56.1 Å². The van der Waals surface area contributed by atoms with Gasteiger partial charge in [0.1, 0.15) is 0 Å². The van der Waals surface area contributed by atoms with Gasteiger partial charge in [-0.1, -0.05) is 35.9 Å². The van der Waals surface area contributed by atoms with E-state index in [4.69, 9.17) is 0 Å². The Balaban J connectivity index is 1.49. The Kier molecular flexibility index (Phi) is 7.31. The first kappa shape index (κ1) is 19.5. The monoisotopic (exact) mass is 368 g/mol. The normalized spacial score (nSPS) is 17.8. The van der Waals surface area contributed by atoms with Crippen LogP contribution in [0.2, 0.25) is 0 Å². The van der Waals surface area contributed by atoms with Crippen LogP contribution in [0, 0.1) is 0 Å². The molecule has 0 radical (unpaired) electrons. The summed E-state index contributed by atoms with van der Waals surface area (Å²) in [6, 6.07) is 8.35. The summed E-state index contributed by atoms with van der Waals surface area (Å²) in [6.45, 7) is 3.20. The molecule has 1 aliphatic carbocycles. The standard InChI is InChI=1S/C22H32N4O/c1-23-22(24-14-13-18-8-3-2-4-9-18)25-16-19-10-5-6-11-20(19)17-26-15-7-12-21(26)27/h5-6,8,10-11H,2-4,7,9,12-17H2,1H3,(H2,23,24,25). The van der Waals surface area contributed by atoms with Crippen LogP contribution in [0.25, 0.3) is 0 Å². The Morgan fingerprint density at radius 1 is 1.11 bits per heavy atom. The number of carbonyl (C=O) groups is 1. The highest BCUT2D eigenvalue weighted by Gasteiger charge is 2.20. The third-order valence-corrected chi connectivity index (χ3v) is 5.44. The third-order valence-electron chi connectivity index (χ3n) is 5.44. The third kappa shape index (κ3) is 5.84. The second-order valence-electron chi connectivity index (χ2n) is 7.40. The van der Waals surface area contributed by atoms with Crippen LogP contribution in [-0.4, -0.2) is 36.9 Å². The summed E-state index contributed by atoms with van der Waals surface area (Å²) >= 11 is 0. The van der Waals surface area contributed by atoms with Crippen LogP contribution in [-0.2, 0) is 17.9 Å². The largest absolute Gasteiger partial charge is 0.356 e. The molecule has 0 saturated carbocycles. The first-order chi connectivity index (χ1) is 13.3. The highest BCUT2D eigenvalue weighted by atomic mass is 16.2. The Morgan fingerprint density at radius 3 is 2.67 bits per heavy atom. The van der Waals surface area contributed by atoms with Crippen LogP contribution in [0.15, 0.2) is 40.9 Å². The van der Waals surface area contributed by atoms with Crippen LogP contribution in [0.5, 0.6) is 0 Å². The van der Waals surface area contributed by atoms with Crippen molar-refractivity contribution in [2.45, 2.75) is 58.0 Å². The topological polar surface area (TPSA) is 56.7 Å². The molecule has 2 N–H and O–H groups in total. The maximum Gasteiger partial charge on any atom is 0.222 e. The average molecular weight is 369 g/mol. The lowest BCUT2D eigenvalue weighted by atomic mass is 9.97. The van der Waals surface area contributed by atoms with Gasteiger partial charge in [-0.3, -0.25) is 9.79 Å². The zero-order valence-corrected chi connectivity index (χ0v) is 16.5. The van der Waals surface area contributed by atoms with Gasteiger partial charge in [0.05, 0.1) is 0 Å². The zero-order chi connectivity index (χ0) is 18.9. The highest BCUT2D eigenvalue weighted by molar-refractivity contribution is 5.79. The van der Waals surface area contributed by atoms with Gasteiger partial charge in [0, 0.05) is 39.6 Å². The Labute approximate surface area is 162 Å². The summed E-state index contributed by atoms with van der Waals surface area (Å²) in [5, 5.41) is 6.84. The molecule has 1 aromatic carbocycles. The summed E-state index contributed by atoms with van der Waals surface area (Å²) in [6.07, 6.45) is 10.3. The lowest BCUT2D eigenvalue weighted by Gasteiger charge is -2.19. The zero-order valence-electron chi connectivity index (χ0n) is 16.5. The van der Waals surface area contributed by atoms with Crippen LogP contribution in [0.4, 0.5) is 0 Å². The summed E-state index contributed by atoms with van der Waals surface area (Å²) in [4.78, 5) is 18.2. The van der Waals surface area contributed by atoms with E-state index in [-0.39, 0.29) is 5.91 Å². The van der Waals surface area contributed by atoms with Crippen LogP contribution >= 0.6 is 0 Å². The van der Waals surface area contributed by atoms with Crippen molar-refractivity contribution < 1.29 is 4.79 Å². The maximum absolute atomic E-state index is 11.9. The van der Waals surface area contributed by atoms with E-state index >= 15 is 0 Å². The van der Waals surface area contributed by atoms with Gasteiger partial charge in [0.15, 0.2) is 5.96 Å². The number of nitrogens with one attached hydrogen (secondary N) is 2. The molecule has 27 heavy (non-hydrogen) atoms. The molecule has 0 bridgehead atoms. The van der Waals surface area contributed by atoms with Gasteiger partial charge in [-0.25, -0.2) is 0 Å². The number of benzene rings is 1. The molecule has 0 aromatic heterocycles. The van der Waals surface area contributed by atoms with Gasteiger partial charge in [0.2, 0.25) is 5.91 Å². The minimum atomic E-state index is 0.271. The number of allylic oxidation sites excluding steroid dienone is 1. The quantitative estimate of drug-likeness (QED) is 0.441. The number of amides is 1. The van der Waals surface area contributed by atoms with E-state index in [1.807, 2.05) is 18.0 Å². The molecule has 0 spiro atoms. The summed E-state index contributed by atoms with van der Waals surface area (Å²) < 4.78 is 0. The van der Waals surface area contributed by atoms with Crippen molar-refractivity contribution in [1.29, 1.82) is 0 Å². The second kappa shape index (κ2) is 10.1. The van der Waals surface area contributed by atoms with Gasteiger partial charge in [-0.15, -0.1) is 0 Å². The van der Waals surface area contributed by atoms with E-state index in [9.17, 15) is 4.79 Å². The van der Waals surface area contributed by atoms with E-state index in [1.165, 1.54) is 36.8 Å². The lowest BCUT2D eigenvalue weighted by molar-refractivity contribution is -0.128. The minimum absolute atomic E-state index is 0.271. The van der Waals surface area contributed by atoms with Crippen molar-refractivity contribution in [2.24, 2.45) is 4.99 Å². The predicted molar refractivity (Wildman–Crippen MR) is 110 cm³/mol. The van der Waals surface area contributed by atoms with Crippen molar-refractivity contribution >= 4 is 11.9 Å². The van der Waals surface area contributed by atoms with Crippen molar-refractivity contribution in [3.05, 3.63) is 47.0 Å². The molecule has 5 heteroatoms. The van der Waals surface area contributed by atoms with Gasteiger partial charge in [-0.2, -0.15) is 0 Å². The molecule has 1 heterocycles. The molecule has 1 amide bonds. The average Bonchev–Trinajstić information content (AvgIpc) is 3.11. The molecule has 0 atom stereocenters. The van der Waals surface area contributed by atoms with Crippen LogP contribution < -0.4 is 10.6 Å². The summed E-state index contributed by atoms with van der Waals surface area (Å²) in [5.74, 6) is 1.10. The first-order valence-corrected chi connectivity index (χ1v) is 10.2. The Morgan fingerprint density at radius 2 is 1.96 bits per heavy atom. The van der Waals surface area contributed by atoms with Crippen molar-refractivity contribution in [3.8, 4) is 0 Å². The highest BCUT2D eigenvalue weighted by Crippen LogP contribution is 2.19. The minimum Gasteiger partial charge on any atom is -0.356 e. The van der Waals surface area contributed by atoms with E-state index in [0.29, 0.717) is 19.5 Å². The number of hydrogen-bond donors (Lipinski definition) is 2. The van der Waals surface area contributed by atoms with E-state index in [2.05, 4.69) is 39.9 Å². The summed E-state index contributed by atoms with van der Waals surface area (Å²) in [7, 11) is 1.81. The number of guanidine groups is 1. The Bertz CT molecular complexity index is 695. The molecule has 1 fully saturated rings. The Hall–Kier alpha value is -2.30. The fourth-order valence-corrected chi connectivity index (χ4v) is 3.83. The lowest BCUT2D eigenvalue weighted by Crippen LogP contribution is -2.37. The first-order valence-electron chi connectivity index (χ1n) is 10.2. The second-order valence-corrected chi connectivity index (χ2v) is 7.40. The smallest absolute Gasteiger partial charge is 0.222 e. The van der Waals surface area contributed by atoms with Gasteiger partial charge >= 0.3 is 0 Å². The van der Waals surface area contributed by atoms with Gasteiger partial charge in [-0.05, 0) is 49.7 Å². The SMILES string of the molecule is CN=C(NCCC1=CCCCC1)NCc1ccccc1CN1CCCC1=O. The number of nitrogens with zero attached hydrogens (tertiary/aromatic N) is 2. The molecule has 1 saturated heterocycles. The predicted octanol–water partition coefficient (Wildman–Crippen LogP) is 3.36. The number of likely N-dealkylation sites (tertiary alicyclic amines) is 1. The van der Waals surface area contributed by atoms with E-state index in [0.717, 1.165) is 31.9 Å². The molecule has 5 nitrogen and oxygen atoms in total. The number of rotatable bonds is 7. The molecular weight excluding hydrogens is 336 g/mol. The summed E-state index contributed by atoms with van der Waals surface area (Å²) in [5.41, 5.74) is 4.00.